The molecule has 4 rings (SSSR count). The summed E-state index contributed by atoms with van der Waals surface area (Å²) in [5.41, 5.74) is 1.86. The Morgan fingerprint density at radius 3 is 1.58 bits per heavy atom. The fourth-order valence-electron chi connectivity index (χ4n) is 11.1. The molecule has 2 heterocycles. The molecule has 394 valence electrons. The van der Waals surface area contributed by atoms with Gasteiger partial charge in [0.1, 0.15) is 48.8 Å². The Morgan fingerprint density at radius 1 is 0.623 bits per heavy atom. The lowest BCUT2D eigenvalue weighted by Crippen LogP contribution is -2.60. The Bertz CT molecular complexity index is 1720. The van der Waals surface area contributed by atoms with Crippen LogP contribution in [0, 0.1) is 59.2 Å². The number of aliphatic hydroxyl groups excluding tert-OH is 2. The molecule has 2 aliphatic heterocycles. The standard InChI is InChI=1S/C55H90O14/c1-17-42(58-8)36(6)38-26-20-27-40(38)44(56)32(2)22-18-25-35(5)47-49(61-11)51(53(64-14)55(66-16)69-47)67-31-21-28-43(59-9)37(7)39-29-30-41(39)45(57)33(3)23-19-24-34(4)46-48(60-10)50(62-12)52(63-13)54(65-15)68-46/h18-19,22-25,29-30,32-33,36-57H,17,21,26,28,31H2,1-16H3/b22-18+,23-19+,34-24+,35-25+/t32-,33-,36-,37-,38+,39+,40-,41-,42-,43-,44+,45+,46-,47-,48+,49+,50-,51-,52+,53+,54+,55-/m0/s1. The summed E-state index contributed by atoms with van der Waals surface area (Å²) in [5, 5.41) is 23.1. The molecule has 0 radical (unpaired) electrons. The number of hydrogen-bond acceptors (Lipinski definition) is 14. The van der Waals surface area contributed by atoms with Gasteiger partial charge in [-0.15, -0.1) is 5.92 Å². The number of methoxy groups -OCH3 is 9. The minimum absolute atomic E-state index is 0.0129. The van der Waals surface area contributed by atoms with Gasteiger partial charge in [-0.25, -0.2) is 0 Å². The number of aliphatic hydroxyl groups is 2. The quantitative estimate of drug-likeness (QED) is 0.0339. The smallest absolute Gasteiger partial charge is 0.186 e. The zero-order valence-corrected chi connectivity index (χ0v) is 44.6. The van der Waals surface area contributed by atoms with E-state index < -0.39 is 67.5 Å². The lowest BCUT2D eigenvalue weighted by atomic mass is 9.67. The molecule has 14 nitrogen and oxygen atoms in total. The molecule has 0 spiro atoms. The molecule has 0 aromatic heterocycles. The molecule has 2 aliphatic carbocycles. The largest absolute Gasteiger partial charge is 0.392 e. The highest BCUT2D eigenvalue weighted by atomic mass is 16.7. The first-order valence-electron chi connectivity index (χ1n) is 25.1. The fourth-order valence-corrected chi connectivity index (χ4v) is 11.1. The summed E-state index contributed by atoms with van der Waals surface area (Å²) in [7, 11) is 14.9. The van der Waals surface area contributed by atoms with E-state index in [-0.39, 0.29) is 65.7 Å². The van der Waals surface area contributed by atoms with E-state index in [1.807, 2.05) is 64.2 Å². The van der Waals surface area contributed by atoms with Crippen molar-refractivity contribution in [3.63, 3.8) is 0 Å². The minimum Gasteiger partial charge on any atom is -0.392 e. The van der Waals surface area contributed by atoms with Crippen LogP contribution in [0.5, 0.6) is 0 Å². The second-order valence-corrected chi connectivity index (χ2v) is 19.5. The van der Waals surface area contributed by atoms with Crippen LogP contribution in [0.25, 0.3) is 0 Å². The number of hydrogen-bond donors (Lipinski definition) is 2. The SMILES string of the molecule is CC[C@H](OC)[C@@H](C)[C@H]1CC#C[C@@H]1[C@H](O)[C@@H](C)/C=C/C=C(\C)[C@@H]1O[C@H](OC)[C@H](OC)[C@@H](OCCC[C@H](OC)[C@@H](C)[C@H]2C=C[C@@H]2[C@H](O)[C@@H](C)/C=C/C=C(\C)[C@@H]2O[C@@H](OC)[C@H](OC)[C@@H](OC)[C@@H]2OC)[C@@H]1OC. The summed E-state index contributed by atoms with van der Waals surface area (Å²) in [6, 6.07) is 0. The van der Waals surface area contributed by atoms with Crippen LogP contribution in [0.3, 0.4) is 0 Å². The summed E-state index contributed by atoms with van der Waals surface area (Å²) in [5.74, 6) is 7.03. The summed E-state index contributed by atoms with van der Waals surface area (Å²) in [6.07, 6.45) is 13.4. The van der Waals surface area contributed by atoms with Crippen molar-refractivity contribution in [1.82, 2.24) is 0 Å². The lowest BCUT2D eigenvalue weighted by Gasteiger charge is -2.45. The molecule has 2 saturated heterocycles. The molecule has 14 heteroatoms. The van der Waals surface area contributed by atoms with Gasteiger partial charge in [-0.05, 0) is 67.9 Å². The van der Waals surface area contributed by atoms with E-state index in [9.17, 15) is 10.2 Å². The van der Waals surface area contributed by atoms with Gasteiger partial charge in [0.2, 0.25) is 0 Å². The topological polar surface area (TPSA) is 151 Å². The molecule has 0 saturated carbocycles. The van der Waals surface area contributed by atoms with Crippen molar-refractivity contribution in [2.75, 3.05) is 70.6 Å². The van der Waals surface area contributed by atoms with Gasteiger partial charge < -0.3 is 67.1 Å². The van der Waals surface area contributed by atoms with Gasteiger partial charge in [0.05, 0.1) is 30.3 Å². The summed E-state index contributed by atoms with van der Waals surface area (Å²) in [4.78, 5) is 0. The maximum atomic E-state index is 11.6. The molecule has 69 heavy (non-hydrogen) atoms. The van der Waals surface area contributed by atoms with Gasteiger partial charge in [-0.2, -0.15) is 0 Å². The van der Waals surface area contributed by atoms with Crippen LogP contribution in [0.4, 0.5) is 0 Å². The van der Waals surface area contributed by atoms with Crippen LogP contribution in [0.15, 0.2) is 59.8 Å². The highest BCUT2D eigenvalue weighted by Gasteiger charge is 2.50. The maximum absolute atomic E-state index is 11.6. The second kappa shape index (κ2) is 29.4. The summed E-state index contributed by atoms with van der Waals surface area (Å²) in [6.45, 7) is 15.0. The van der Waals surface area contributed by atoms with Crippen molar-refractivity contribution in [3.05, 3.63) is 59.8 Å². The van der Waals surface area contributed by atoms with Gasteiger partial charge in [0, 0.05) is 94.8 Å². The zero-order chi connectivity index (χ0) is 50.9. The van der Waals surface area contributed by atoms with E-state index in [1.54, 1.807) is 64.0 Å². The van der Waals surface area contributed by atoms with Crippen LogP contribution in [0.1, 0.15) is 74.1 Å². The van der Waals surface area contributed by atoms with Crippen molar-refractivity contribution in [2.24, 2.45) is 47.3 Å². The van der Waals surface area contributed by atoms with Gasteiger partial charge in [-0.1, -0.05) is 89.1 Å². The molecule has 0 aromatic carbocycles. The molecule has 0 aromatic rings. The summed E-state index contributed by atoms with van der Waals surface area (Å²) >= 11 is 0. The first-order chi connectivity index (χ1) is 33.2. The van der Waals surface area contributed by atoms with E-state index in [4.69, 9.17) is 56.8 Å². The second-order valence-electron chi connectivity index (χ2n) is 19.5. The van der Waals surface area contributed by atoms with Gasteiger partial charge >= 0.3 is 0 Å². The van der Waals surface area contributed by atoms with Crippen LogP contribution >= 0.6 is 0 Å². The minimum atomic E-state index is -0.688. The Labute approximate surface area is 415 Å². The normalized spacial score (nSPS) is 35.6. The summed E-state index contributed by atoms with van der Waals surface area (Å²) < 4.78 is 71.9. The molecule has 0 bridgehead atoms. The highest BCUT2D eigenvalue weighted by molar-refractivity contribution is 5.23. The third-order valence-electron chi connectivity index (χ3n) is 15.6. The Balaban J connectivity index is 1.33. The maximum Gasteiger partial charge on any atom is 0.186 e. The third-order valence-corrected chi connectivity index (χ3v) is 15.6. The van der Waals surface area contributed by atoms with Crippen molar-refractivity contribution >= 4 is 0 Å². The highest BCUT2D eigenvalue weighted by Crippen LogP contribution is 2.41. The Morgan fingerprint density at radius 2 is 1.12 bits per heavy atom. The molecule has 0 amide bonds. The average Bonchev–Trinajstić information content (AvgIpc) is 3.84. The zero-order valence-electron chi connectivity index (χ0n) is 44.6. The number of rotatable bonds is 29. The molecule has 2 N–H and O–H groups in total. The first kappa shape index (κ1) is 59.3. The molecule has 0 unspecified atom stereocenters. The van der Waals surface area contributed by atoms with Crippen LogP contribution in [-0.4, -0.2) is 167 Å². The van der Waals surface area contributed by atoms with Gasteiger partial charge in [0.15, 0.2) is 12.6 Å². The lowest BCUT2D eigenvalue weighted by molar-refractivity contribution is -0.298. The van der Waals surface area contributed by atoms with Crippen molar-refractivity contribution in [2.45, 2.75) is 160 Å². The Hall–Kier alpha value is -2.30. The first-order valence-corrected chi connectivity index (χ1v) is 25.1. The number of allylic oxidation sites excluding steroid dienone is 5. The van der Waals surface area contributed by atoms with Gasteiger partial charge in [0.25, 0.3) is 0 Å². The van der Waals surface area contributed by atoms with Crippen molar-refractivity contribution in [3.8, 4) is 11.8 Å². The van der Waals surface area contributed by atoms with Gasteiger partial charge in [-0.3, -0.25) is 0 Å². The van der Waals surface area contributed by atoms with E-state index in [0.29, 0.717) is 6.61 Å². The molecule has 4 aliphatic rings. The monoisotopic (exact) mass is 975 g/mol. The molecular weight excluding hydrogens is 885 g/mol. The molecule has 22 atom stereocenters. The van der Waals surface area contributed by atoms with Crippen LogP contribution in [0.2, 0.25) is 0 Å². The fraction of sp³-hybridized carbons (Fsp3) is 0.782. The molecule has 2 fully saturated rings. The molecular formula is C55H90O14. The number of ether oxygens (including phenoxy) is 12. The Kier molecular flexibility index (Phi) is 25.3. The van der Waals surface area contributed by atoms with E-state index >= 15 is 0 Å². The van der Waals surface area contributed by atoms with E-state index in [0.717, 1.165) is 36.8 Å². The average molecular weight is 975 g/mol. The van der Waals surface area contributed by atoms with Crippen LogP contribution in [-0.2, 0) is 56.8 Å². The van der Waals surface area contributed by atoms with Crippen molar-refractivity contribution < 1.29 is 67.1 Å². The predicted octanol–water partition coefficient (Wildman–Crippen LogP) is 7.12. The van der Waals surface area contributed by atoms with Crippen molar-refractivity contribution in [1.29, 1.82) is 0 Å². The predicted molar refractivity (Wildman–Crippen MR) is 266 cm³/mol. The third kappa shape index (κ3) is 14.5. The van der Waals surface area contributed by atoms with E-state index in [2.05, 4.69) is 44.8 Å². The van der Waals surface area contributed by atoms with Crippen LogP contribution < -0.4 is 0 Å². The van der Waals surface area contributed by atoms with E-state index in [1.165, 1.54) is 0 Å².